The summed E-state index contributed by atoms with van der Waals surface area (Å²) in [5, 5.41) is 3.14. The van der Waals surface area contributed by atoms with Gasteiger partial charge in [-0.1, -0.05) is 12.1 Å². The molecule has 0 spiro atoms. The third kappa shape index (κ3) is 3.96. The van der Waals surface area contributed by atoms with Crippen LogP contribution in [0.25, 0.3) is 0 Å². The molecule has 20 heavy (non-hydrogen) atoms. The lowest BCUT2D eigenvalue weighted by Gasteiger charge is -2.13. The fourth-order valence-electron chi connectivity index (χ4n) is 1.94. The van der Waals surface area contributed by atoms with Crippen molar-refractivity contribution in [2.75, 3.05) is 12.3 Å². The SMILES string of the molecule is O=S(=O)(CCCNC1CC1)c1ccccc1C(F)(F)F. The Labute approximate surface area is 116 Å². The first kappa shape index (κ1) is 15.3. The summed E-state index contributed by atoms with van der Waals surface area (Å²) in [6.07, 6.45) is -2.17. The monoisotopic (exact) mass is 307 g/mol. The Balaban J connectivity index is 2.08. The van der Waals surface area contributed by atoms with Crippen LogP contribution in [-0.2, 0) is 16.0 Å². The van der Waals surface area contributed by atoms with Gasteiger partial charge in [-0.15, -0.1) is 0 Å². The van der Waals surface area contributed by atoms with Crippen LogP contribution in [0.3, 0.4) is 0 Å². The van der Waals surface area contributed by atoms with Gasteiger partial charge in [0, 0.05) is 6.04 Å². The number of rotatable bonds is 6. The Morgan fingerprint density at radius 1 is 1.20 bits per heavy atom. The molecule has 112 valence electrons. The van der Waals surface area contributed by atoms with Gasteiger partial charge in [0.2, 0.25) is 0 Å². The molecule has 0 atom stereocenters. The first-order chi connectivity index (χ1) is 9.31. The number of hydrogen-bond acceptors (Lipinski definition) is 3. The van der Waals surface area contributed by atoms with Gasteiger partial charge in [-0.2, -0.15) is 13.2 Å². The largest absolute Gasteiger partial charge is 0.417 e. The molecule has 0 bridgehead atoms. The van der Waals surface area contributed by atoms with E-state index < -0.39 is 26.5 Å². The highest BCUT2D eigenvalue weighted by Gasteiger charge is 2.36. The van der Waals surface area contributed by atoms with Crippen LogP contribution < -0.4 is 5.32 Å². The second kappa shape index (κ2) is 5.73. The molecule has 0 radical (unpaired) electrons. The van der Waals surface area contributed by atoms with Gasteiger partial charge >= 0.3 is 6.18 Å². The fraction of sp³-hybridized carbons (Fsp3) is 0.538. The van der Waals surface area contributed by atoms with E-state index in [1.807, 2.05) is 0 Å². The molecule has 1 saturated carbocycles. The summed E-state index contributed by atoms with van der Waals surface area (Å²) < 4.78 is 62.5. The number of benzene rings is 1. The van der Waals surface area contributed by atoms with E-state index in [-0.39, 0.29) is 5.75 Å². The van der Waals surface area contributed by atoms with Crippen LogP contribution in [0, 0.1) is 0 Å². The third-order valence-corrected chi connectivity index (χ3v) is 4.98. The van der Waals surface area contributed by atoms with Crippen molar-refractivity contribution < 1.29 is 21.6 Å². The Bertz CT molecular complexity index is 565. The maximum absolute atomic E-state index is 12.8. The van der Waals surface area contributed by atoms with Gasteiger partial charge in [0.25, 0.3) is 0 Å². The van der Waals surface area contributed by atoms with E-state index >= 15 is 0 Å². The Hall–Kier alpha value is -1.08. The van der Waals surface area contributed by atoms with Crippen LogP contribution in [-0.4, -0.2) is 26.8 Å². The summed E-state index contributed by atoms with van der Waals surface area (Å²) in [4.78, 5) is -0.626. The quantitative estimate of drug-likeness (QED) is 0.822. The first-order valence-corrected chi connectivity index (χ1v) is 8.08. The minimum Gasteiger partial charge on any atom is -0.314 e. The molecule has 0 saturated heterocycles. The van der Waals surface area contributed by atoms with Crippen LogP contribution in [0.1, 0.15) is 24.8 Å². The molecule has 1 N–H and O–H groups in total. The van der Waals surface area contributed by atoms with Gasteiger partial charge in [0.05, 0.1) is 16.2 Å². The maximum Gasteiger partial charge on any atom is 0.417 e. The van der Waals surface area contributed by atoms with E-state index in [0.717, 1.165) is 25.0 Å². The van der Waals surface area contributed by atoms with Crippen LogP contribution in [0.15, 0.2) is 29.2 Å². The van der Waals surface area contributed by atoms with E-state index in [9.17, 15) is 21.6 Å². The molecule has 1 fully saturated rings. The zero-order valence-electron chi connectivity index (χ0n) is 10.8. The van der Waals surface area contributed by atoms with E-state index in [4.69, 9.17) is 0 Å². The average Bonchev–Trinajstić information content (AvgIpc) is 3.18. The number of hydrogen-bond donors (Lipinski definition) is 1. The van der Waals surface area contributed by atoms with Gasteiger partial charge in [-0.05, 0) is 37.9 Å². The molecular weight excluding hydrogens is 291 g/mol. The summed E-state index contributed by atoms with van der Waals surface area (Å²) >= 11 is 0. The summed E-state index contributed by atoms with van der Waals surface area (Å²) in [6.45, 7) is 0.512. The van der Waals surface area contributed by atoms with Crippen LogP contribution >= 0.6 is 0 Å². The van der Waals surface area contributed by atoms with Crippen molar-refractivity contribution in [2.24, 2.45) is 0 Å². The summed E-state index contributed by atoms with van der Waals surface area (Å²) in [7, 11) is -3.91. The van der Waals surface area contributed by atoms with Crippen molar-refractivity contribution in [1.82, 2.24) is 5.32 Å². The topological polar surface area (TPSA) is 46.2 Å². The van der Waals surface area contributed by atoms with E-state index in [1.165, 1.54) is 12.1 Å². The maximum atomic E-state index is 12.8. The highest BCUT2D eigenvalue weighted by molar-refractivity contribution is 7.91. The standard InChI is InChI=1S/C13H16F3NO2S/c14-13(15,16)11-4-1-2-5-12(11)20(18,19)9-3-8-17-10-6-7-10/h1-2,4-5,10,17H,3,6-9H2. The molecule has 3 nitrogen and oxygen atoms in total. The zero-order valence-corrected chi connectivity index (χ0v) is 11.6. The summed E-state index contributed by atoms with van der Waals surface area (Å²) in [5.41, 5.74) is -1.09. The lowest BCUT2D eigenvalue weighted by molar-refractivity contribution is -0.139. The normalized spacial score (nSPS) is 16.4. The molecule has 0 amide bonds. The molecule has 1 aliphatic rings. The van der Waals surface area contributed by atoms with Crippen molar-refractivity contribution in [3.63, 3.8) is 0 Å². The van der Waals surface area contributed by atoms with E-state index in [0.29, 0.717) is 19.0 Å². The van der Waals surface area contributed by atoms with Gasteiger partial charge in [-0.3, -0.25) is 0 Å². The number of alkyl halides is 3. The molecule has 1 aromatic carbocycles. The van der Waals surface area contributed by atoms with Crippen molar-refractivity contribution in [1.29, 1.82) is 0 Å². The predicted octanol–water partition coefficient (Wildman–Crippen LogP) is 2.62. The molecule has 0 heterocycles. The molecule has 1 aromatic rings. The molecule has 0 aliphatic heterocycles. The van der Waals surface area contributed by atoms with Crippen LogP contribution in [0.2, 0.25) is 0 Å². The molecular formula is C13H16F3NO2S. The molecule has 0 unspecified atom stereocenters. The van der Waals surface area contributed by atoms with Crippen molar-refractivity contribution in [3.05, 3.63) is 29.8 Å². The second-order valence-corrected chi connectivity index (χ2v) is 6.97. The number of nitrogens with one attached hydrogen (secondary N) is 1. The van der Waals surface area contributed by atoms with Gasteiger partial charge in [-0.25, -0.2) is 8.42 Å². The zero-order chi connectivity index (χ0) is 14.8. The van der Waals surface area contributed by atoms with Crippen molar-refractivity contribution in [2.45, 2.75) is 36.4 Å². The number of sulfone groups is 1. The van der Waals surface area contributed by atoms with Crippen LogP contribution in [0.4, 0.5) is 13.2 Å². The fourth-order valence-corrected chi connectivity index (χ4v) is 3.49. The minimum absolute atomic E-state index is 0.278. The summed E-state index contributed by atoms with van der Waals surface area (Å²) in [5.74, 6) is -0.278. The van der Waals surface area contributed by atoms with Crippen molar-refractivity contribution >= 4 is 9.84 Å². The summed E-state index contributed by atoms with van der Waals surface area (Å²) in [6, 6.07) is 4.78. The highest BCUT2D eigenvalue weighted by atomic mass is 32.2. The van der Waals surface area contributed by atoms with Gasteiger partial charge in [0.1, 0.15) is 0 Å². The number of halogens is 3. The smallest absolute Gasteiger partial charge is 0.314 e. The molecule has 0 aromatic heterocycles. The molecule has 1 aliphatic carbocycles. The van der Waals surface area contributed by atoms with Crippen molar-refractivity contribution in [3.8, 4) is 0 Å². The Morgan fingerprint density at radius 3 is 2.45 bits per heavy atom. The lowest BCUT2D eigenvalue weighted by atomic mass is 10.2. The molecule has 2 rings (SSSR count). The predicted molar refractivity (Wildman–Crippen MR) is 69.1 cm³/mol. The van der Waals surface area contributed by atoms with Crippen LogP contribution in [0.5, 0.6) is 0 Å². The molecule has 7 heteroatoms. The lowest BCUT2D eigenvalue weighted by Crippen LogP contribution is -2.21. The van der Waals surface area contributed by atoms with Gasteiger partial charge < -0.3 is 5.32 Å². The minimum atomic E-state index is -4.66. The average molecular weight is 307 g/mol. The highest BCUT2D eigenvalue weighted by Crippen LogP contribution is 2.34. The van der Waals surface area contributed by atoms with Gasteiger partial charge in [0.15, 0.2) is 9.84 Å². The first-order valence-electron chi connectivity index (χ1n) is 6.43. The Morgan fingerprint density at radius 2 is 1.85 bits per heavy atom. The second-order valence-electron chi connectivity index (χ2n) is 4.89. The Kier molecular flexibility index (Phi) is 4.39. The van der Waals surface area contributed by atoms with E-state index in [1.54, 1.807) is 0 Å². The van der Waals surface area contributed by atoms with E-state index in [2.05, 4.69) is 5.32 Å². The third-order valence-electron chi connectivity index (χ3n) is 3.13.